The van der Waals surface area contributed by atoms with Gasteiger partial charge < -0.3 is 15.0 Å². The third-order valence-corrected chi connectivity index (χ3v) is 3.61. The first kappa shape index (κ1) is 14.9. The number of carbonyl (C=O) groups is 1. The average molecular weight is 292 g/mol. The summed E-state index contributed by atoms with van der Waals surface area (Å²) in [5, 5.41) is 3.91. The van der Waals surface area contributed by atoms with Crippen molar-refractivity contribution in [2.75, 3.05) is 18.4 Å². The van der Waals surface area contributed by atoms with Crippen LogP contribution in [-0.4, -0.2) is 41.1 Å². The van der Waals surface area contributed by atoms with Gasteiger partial charge in [0, 0.05) is 24.3 Å². The molecule has 0 spiro atoms. The number of hydrogen-bond acceptors (Lipinski definition) is 3. The molecule has 2 rings (SSSR count). The van der Waals surface area contributed by atoms with E-state index in [1.54, 1.807) is 19.1 Å². The van der Waals surface area contributed by atoms with Crippen molar-refractivity contribution >= 4 is 28.8 Å². The Labute approximate surface area is 125 Å². The number of ketones is 1. The predicted molar refractivity (Wildman–Crippen MR) is 84.2 cm³/mol. The number of hydrogen-bond donors (Lipinski definition) is 1. The molecule has 1 fully saturated rings. The third kappa shape index (κ3) is 3.77. The molecule has 0 aromatic heterocycles. The summed E-state index contributed by atoms with van der Waals surface area (Å²) in [6.07, 6.45) is 0.358. The highest BCUT2D eigenvalue weighted by Gasteiger charge is 2.23. The first-order chi connectivity index (χ1) is 9.45. The smallest absolute Gasteiger partial charge is 0.173 e. The van der Waals surface area contributed by atoms with Crippen molar-refractivity contribution in [3.8, 4) is 0 Å². The lowest BCUT2D eigenvalue weighted by Gasteiger charge is -2.36. The topological polar surface area (TPSA) is 41.6 Å². The number of rotatable bonds is 2. The van der Waals surface area contributed by atoms with Gasteiger partial charge >= 0.3 is 0 Å². The Morgan fingerprint density at radius 1 is 1.25 bits per heavy atom. The molecule has 0 bridgehead atoms. The predicted octanol–water partition coefficient (Wildman–Crippen LogP) is 2.70. The Morgan fingerprint density at radius 2 is 1.80 bits per heavy atom. The van der Waals surface area contributed by atoms with Gasteiger partial charge in [-0.3, -0.25) is 4.79 Å². The van der Waals surface area contributed by atoms with Crippen molar-refractivity contribution in [3.63, 3.8) is 0 Å². The van der Waals surface area contributed by atoms with E-state index < -0.39 is 0 Å². The van der Waals surface area contributed by atoms with Crippen LogP contribution in [0.15, 0.2) is 24.3 Å². The molecule has 0 amide bonds. The quantitative estimate of drug-likeness (QED) is 0.670. The third-order valence-electron chi connectivity index (χ3n) is 3.25. The molecule has 0 aliphatic carbocycles. The van der Waals surface area contributed by atoms with Crippen LogP contribution in [-0.2, 0) is 4.74 Å². The van der Waals surface area contributed by atoms with Gasteiger partial charge in [-0.1, -0.05) is 0 Å². The summed E-state index contributed by atoms with van der Waals surface area (Å²) < 4.78 is 5.69. The molecular weight excluding hydrogens is 272 g/mol. The van der Waals surface area contributed by atoms with Crippen LogP contribution in [0.5, 0.6) is 0 Å². The minimum absolute atomic E-state index is 0.0648. The van der Waals surface area contributed by atoms with Gasteiger partial charge in [0.15, 0.2) is 10.9 Å². The van der Waals surface area contributed by atoms with Crippen LogP contribution < -0.4 is 5.32 Å². The van der Waals surface area contributed by atoms with Crippen molar-refractivity contribution in [1.29, 1.82) is 0 Å². The van der Waals surface area contributed by atoms with Gasteiger partial charge in [0.2, 0.25) is 0 Å². The van der Waals surface area contributed by atoms with Gasteiger partial charge in [0.1, 0.15) is 0 Å². The summed E-state index contributed by atoms with van der Waals surface area (Å²) >= 11 is 5.44. The summed E-state index contributed by atoms with van der Waals surface area (Å²) in [5.74, 6) is 0.0648. The van der Waals surface area contributed by atoms with Crippen molar-refractivity contribution in [2.24, 2.45) is 0 Å². The fourth-order valence-corrected chi connectivity index (χ4v) is 2.60. The molecule has 0 radical (unpaired) electrons. The van der Waals surface area contributed by atoms with E-state index in [1.165, 1.54) is 0 Å². The Kier molecular flexibility index (Phi) is 4.73. The fourth-order valence-electron chi connectivity index (χ4n) is 2.33. The zero-order chi connectivity index (χ0) is 14.7. The zero-order valence-electron chi connectivity index (χ0n) is 12.1. The number of ether oxygens (including phenoxy) is 1. The maximum Gasteiger partial charge on any atom is 0.173 e. The standard InChI is InChI=1S/C15H20N2O2S/c1-10-8-17(9-11(2)19-10)15(20)16-14-6-4-13(5-7-14)12(3)18/h4-7,10-11H,8-9H2,1-3H3,(H,16,20)/t10-,11-/m1/s1. The number of nitrogens with zero attached hydrogens (tertiary/aromatic N) is 1. The summed E-state index contributed by atoms with van der Waals surface area (Å²) in [6.45, 7) is 7.24. The molecule has 5 heteroatoms. The molecule has 1 aromatic carbocycles. The minimum Gasteiger partial charge on any atom is -0.372 e. The summed E-state index contributed by atoms with van der Waals surface area (Å²) in [4.78, 5) is 13.3. The molecule has 1 aromatic rings. The normalized spacial score (nSPS) is 22.4. The molecular formula is C15H20N2O2S. The summed E-state index contributed by atoms with van der Waals surface area (Å²) in [5.41, 5.74) is 1.60. The Morgan fingerprint density at radius 3 is 2.30 bits per heavy atom. The molecule has 2 atom stereocenters. The highest BCUT2D eigenvalue weighted by Crippen LogP contribution is 2.14. The molecule has 1 aliphatic rings. The molecule has 0 unspecified atom stereocenters. The first-order valence-corrected chi connectivity index (χ1v) is 7.19. The second kappa shape index (κ2) is 6.33. The van der Waals surface area contributed by atoms with E-state index in [1.807, 2.05) is 26.0 Å². The lowest BCUT2D eigenvalue weighted by Crippen LogP contribution is -2.49. The van der Waals surface area contributed by atoms with Crippen LogP contribution in [0.1, 0.15) is 31.1 Å². The Bertz CT molecular complexity index is 491. The number of thiocarbonyl (C=S) groups is 1. The van der Waals surface area contributed by atoms with E-state index in [0.717, 1.165) is 18.8 Å². The number of Topliss-reactive ketones (excluding diaryl/α,β-unsaturated/α-hetero) is 1. The molecule has 1 heterocycles. The van der Waals surface area contributed by atoms with Gasteiger partial charge in [-0.25, -0.2) is 0 Å². The monoisotopic (exact) mass is 292 g/mol. The van der Waals surface area contributed by atoms with Crippen LogP contribution >= 0.6 is 12.2 Å². The van der Waals surface area contributed by atoms with Gasteiger partial charge in [0.05, 0.1) is 12.2 Å². The molecule has 108 valence electrons. The second-order valence-electron chi connectivity index (χ2n) is 5.23. The Hall–Kier alpha value is -1.46. The first-order valence-electron chi connectivity index (χ1n) is 6.78. The van der Waals surface area contributed by atoms with E-state index in [0.29, 0.717) is 10.7 Å². The maximum absolute atomic E-state index is 11.2. The molecule has 0 saturated carbocycles. The number of benzene rings is 1. The van der Waals surface area contributed by atoms with Crippen molar-refractivity contribution < 1.29 is 9.53 Å². The Balaban J connectivity index is 1.98. The lowest BCUT2D eigenvalue weighted by molar-refractivity contribution is -0.0473. The van der Waals surface area contributed by atoms with Gasteiger partial charge in [-0.15, -0.1) is 0 Å². The zero-order valence-corrected chi connectivity index (χ0v) is 12.9. The highest BCUT2D eigenvalue weighted by atomic mass is 32.1. The molecule has 1 N–H and O–H groups in total. The average Bonchev–Trinajstić information content (AvgIpc) is 2.38. The van der Waals surface area contributed by atoms with Crippen LogP contribution in [0.2, 0.25) is 0 Å². The van der Waals surface area contributed by atoms with Crippen molar-refractivity contribution in [1.82, 2.24) is 4.90 Å². The van der Waals surface area contributed by atoms with Crippen LogP contribution in [0, 0.1) is 0 Å². The molecule has 1 saturated heterocycles. The SMILES string of the molecule is CC(=O)c1ccc(NC(=S)N2C[C@@H](C)O[C@H](C)C2)cc1. The number of anilines is 1. The van der Waals surface area contributed by atoms with Crippen LogP contribution in [0.25, 0.3) is 0 Å². The number of nitrogens with one attached hydrogen (secondary N) is 1. The van der Waals surface area contributed by atoms with Gasteiger partial charge in [-0.05, 0) is 57.3 Å². The van der Waals surface area contributed by atoms with Gasteiger partial charge in [-0.2, -0.15) is 0 Å². The van der Waals surface area contributed by atoms with E-state index in [2.05, 4.69) is 10.2 Å². The molecule has 1 aliphatic heterocycles. The fraction of sp³-hybridized carbons (Fsp3) is 0.467. The van der Waals surface area contributed by atoms with E-state index in [9.17, 15) is 4.79 Å². The van der Waals surface area contributed by atoms with E-state index >= 15 is 0 Å². The lowest BCUT2D eigenvalue weighted by atomic mass is 10.1. The van der Waals surface area contributed by atoms with Crippen molar-refractivity contribution in [2.45, 2.75) is 33.0 Å². The van der Waals surface area contributed by atoms with E-state index in [4.69, 9.17) is 17.0 Å². The van der Waals surface area contributed by atoms with E-state index in [-0.39, 0.29) is 18.0 Å². The number of morpholine rings is 1. The van der Waals surface area contributed by atoms with Crippen molar-refractivity contribution in [3.05, 3.63) is 29.8 Å². The van der Waals surface area contributed by atoms with Gasteiger partial charge in [0.25, 0.3) is 0 Å². The molecule has 4 nitrogen and oxygen atoms in total. The molecule has 20 heavy (non-hydrogen) atoms. The largest absolute Gasteiger partial charge is 0.372 e. The number of carbonyl (C=O) groups excluding carboxylic acids is 1. The highest BCUT2D eigenvalue weighted by molar-refractivity contribution is 7.80. The second-order valence-corrected chi connectivity index (χ2v) is 5.61. The van der Waals surface area contributed by atoms with Crippen LogP contribution in [0.4, 0.5) is 5.69 Å². The summed E-state index contributed by atoms with van der Waals surface area (Å²) in [6, 6.07) is 7.35. The minimum atomic E-state index is 0.0648. The maximum atomic E-state index is 11.2. The van der Waals surface area contributed by atoms with Crippen LogP contribution in [0.3, 0.4) is 0 Å². The summed E-state index contributed by atoms with van der Waals surface area (Å²) in [7, 11) is 0.